The van der Waals surface area contributed by atoms with E-state index in [0.717, 1.165) is 234 Å². The standard InChI is InChI=1S/C32H37N3O2.C28H37N3O3.2C27H35N3O2/c1-6-8-19-35(20-9-7-2)27-17-15-25(30(21-27)36-5)16-18-29-28(23-34)31(24(3)22-33)37-32(29,4)26-13-11-10-12-14-26;1-8-10-14-31(15-11-9-2)21-16-25(32-6)22(26(17-21)33-7)12-13-24-23(19-30)27(20(3)18-29)34-28(24,4)5;2*1-7-9-15-30(16-10-8-2)22-13-11-21(25(17-22)31-6)12-14-24-23(19-29)26(20(3)18-28)32-27(24,4)5/h10-18,21H,6-9,19-20H2,1-5H3;12-13,16-17H,8-11,14-15H2,1-7H3;2*11-14,17H,7-10,15-16H2,1-6H3/b18-16+,31-24-;13-12+,27-20-;2*14-12+,26-20-. The summed E-state index contributed by atoms with van der Waals surface area (Å²) in [7, 11) is 8.34. The molecule has 0 aromatic heterocycles. The molecule has 9 rings (SSSR count). The van der Waals surface area contributed by atoms with Gasteiger partial charge in [-0.05, 0) is 176 Å². The zero-order chi connectivity index (χ0) is 99.6. The van der Waals surface area contributed by atoms with Crippen molar-refractivity contribution in [2.24, 2.45) is 0 Å². The molecule has 0 fully saturated rings. The monoisotopic (exact) mass is 1830 g/mol. The van der Waals surface area contributed by atoms with E-state index in [1.165, 1.54) is 0 Å². The van der Waals surface area contributed by atoms with Crippen LogP contribution in [0, 0.1) is 90.6 Å². The lowest BCUT2D eigenvalue weighted by Crippen LogP contribution is -2.25. The summed E-state index contributed by atoms with van der Waals surface area (Å²) >= 11 is 0. The van der Waals surface area contributed by atoms with Gasteiger partial charge in [0, 0.05) is 144 Å². The van der Waals surface area contributed by atoms with E-state index in [1.54, 1.807) is 63.2 Å². The highest BCUT2D eigenvalue weighted by atomic mass is 16.5. The Balaban J connectivity index is 0.000000277. The second-order valence-electron chi connectivity index (χ2n) is 35.4. The van der Waals surface area contributed by atoms with E-state index < -0.39 is 22.4 Å². The number of unbranched alkanes of at least 4 members (excludes halogenated alkanes) is 8. The fraction of sp³-hybridized carbons (Fsp3) is 0.456. The van der Waals surface area contributed by atoms with Crippen molar-refractivity contribution in [2.45, 2.75) is 257 Å². The molecule has 1 atom stereocenters. The molecule has 0 spiro atoms. The lowest BCUT2D eigenvalue weighted by Gasteiger charge is -2.27. The zero-order valence-corrected chi connectivity index (χ0v) is 84.9. The number of anilines is 4. The molecule has 0 amide bonds. The minimum atomic E-state index is -0.902. The fourth-order valence-corrected chi connectivity index (χ4v) is 16.1. The first-order chi connectivity index (χ1) is 64.8. The Morgan fingerprint density at radius 1 is 0.296 bits per heavy atom. The number of nitrogens with zero attached hydrogens (tertiary/aromatic N) is 12. The molecule has 1 unspecified atom stereocenters. The van der Waals surface area contributed by atoms with E-state index in [2.05, 4.69) is 190 Å². The maximum Gasteiger partial charge on any atom is 0.158 e. The number of hydrogen-bond donors (Lipinski definition) is 0. The molecular weight excluding hydrogens is 1680 g/mol. The molecule has 0 N–H and O–H groups in total. The first-order valence-corrected chi connectivity index (χ1v) is 47.7. The molecule has 4 aliphatic heterocycles. The van der Waals surface area contributed by atoms with Crippen LogP contribution in [0.4, 0.5) is 22.7 Å². The highest BCUT2D eigenvalue weighted by Gasteiger charge is 2.44. The van der Waals surface area contributed by atoms with Crippen molar-refractivity contribution in [3.05, 3.63) is 239 Å². The van der Waals surface area contributed by atoms with Gasteiger partial charge in [-0.2, -0.15) is 42.1 Å². The second-order valence-corrected chi connectivity index (χ2v) is 35.4. The van der Waals surface area contributed by atoms with Crippen LogP contribution < -0.4 is 43.3 Å². The number of benzene rings is 5. The van der Waals surface area contributed by atoms with E-state index >= 15 is 0 Å². The summed E-state index contributed by atoms with van der Waals surface area (Å²) in [6, 6.07) is 50.1. The van der Waals surface area contributed by atoms with Crippen molar-refractivity contribution < 1.29 is 42.6 Å². The van der Waals surface area contributed by atoms with Gasteiger partial charge in [-0.15, -0.1) is 0 Å². The van der Waals surface area contributed by atoms with Gasteiger partial charge in [0.1, 0.15) is 92.1 Å². The fourth-order valence-electron chi connectivity index (χ4n) is 16.1. The Morgan fingerprint density at radius 2 is 0.533 bits per heavy atom. The summed E-state index contributed by atoms with van der Waals surface area (Å²) in [5.41, 5.74) is 12.0. The Hall–Kier alpha value is -13.7. The summed E-state index contributed by atoms with van der Waals surface area (Å²) in [6.07, 6.45) is 33.7. The number of ether oxygens (including phenoxy) is 9. The Kier molecular flexibility index (Phi) is 44.4. The second kappa shape index (κ2) is 54.5. The van der Waals surface area contributed by atoms with E-state index in [9.17, 15) is 42.1 Å². The van der Waals surface area contributed by atoms with Crippen LogP contribution >= 0.6 is 0 Å². The predicted octanol–water partition coefficient (Wildman–Crippen LogP) is 27.3. The summed E-state index contributed by atoms with van der Waals surface area (Å²) in [5.74, 6) is 5.15. The quantitative estimate of drug-likeness (QED) is 0.0328. The molecule has 21 nitrogen and oxygen atoms in total. The average Bonchev–Trinajstić information content (AvgIpc) is 1.60. The molecule has 5 aromatic rings. The molecular formula is C114H144N12O9. The Labute approximate surface area is 807 Å². The maximum atomic E-state index is 10.1. The van der Waals surface area contributed by atoms with Crippen molar-refractivity contribution in [3.8, 4) is 77.3 Å². The van der Waals surface area contributed by atoms with E-state index in [1.807, 2.05) is 127 Å². The Bertz CT molecular complexity index is 5450. The maximum absolute atomic E-state index is 10.1. The highest BCUT2D eigenvalue weighted by molar-refractivity contribution is 5.75. The van der Waals surface area contributed by atoms with Crippen LogP contribution in [0.25, 0.3) is 24.3 Å². The van der Waals surface area contributed by atoms with Crippen molar-refractivity contribution in [2.75, 3.05) is 108 Å². The van der Waals surface area contributed by atoms with Gasteiger partial charge in [0.25, 0.3) is 0 Å². The van der Waals surface area contributed by atoms with Crippen molar-refractivity contribution in [1.82, 2.24) is 0 Å². The molecule has 0 saturated heterocycles. The van der Waals surface area contributed by atoms with Gasteiger partial charge in [-0.1, -0.05) is 180 Å². The van der Waals surface area contributed by atoms with Crippen molar-refractivity contribution >= 4 is 47.1 Å². The van der Waals surface area contributed by atoms with Gasteiger partial charge in [0.05, 0.1) is 87.7 Å². The third-order valence-electron chi connectivity index (χ3n) is 24.2. The topological polar surface area (TPSA) is 286 Å². The number of methoxy groups -OCH3 is 5. The third-order valence-corrected chi connectivity index (χ3v) is 24.2. The van der Waals surface area contributed by atoms with Crippen LogP contribution in [0.1, 0.15) is 262 Å². The van der Waals surface area contributed by atoms with Gasteiger partial charge in [-0.3, -0.25) is 0 Å². The van der Waals surface area contributed by atoms with Crippen molar-refractivity contribution in [3.63, 3.8) is 0 Å². The van der Waals surface area contributed by atoms with Gasteiger partial charge in [-0.25, -0.2) is 0 Å². The zero-order valence-electron chi connectivity index (χ0n) is 84.9. The minimum absolute atomic E-state index is 0.334. The van der Waals surface area contributed by atoms with Crippen LogP contribution in [-0.2, 0) is 24.5 Å². The molecule has 714 valence electrons. The first-order valence-electron chi connectivity index (χ1n) is 47.7. The smallest absolute Gasteiger partial charge is 0.158 e. The normalized spacial score (nSPS) is 16.9. The van der Waals surface area contributed by atoms with Crippen molar-refractivity contribution in [1.29, 1.82) is 42.1 Å². The van der Waals surface area contributed by atoms with Gasteiger partial charge in [0.2, 0.25) is 0 Å². The van der Waals surface area contributed by atoms with Gasteiger partial charge in [0.15, 0.2) is 28.6 Å². The van der Waals surface area contributed by atoms with Gasteiger partial charge < -0.3 is 62.2 Å². The van der Waals surface area contributed by atoms with Crippen LogP contribution in [0.15, 0.2) is 211 Å². The number of nitriles is 8. The molecule has 0 radical (unpaired) electrons. The number of rotatable bonds is 42. The molecule has 21 heteroatoms. The molecule has 5 aromatic carbocycles. The lowest BCUT2D eigenvalue weighted by molar-refractivity contribution is 0.0750. The van der Waals surface area contributed by atoms with Crippen LogP contribution in [-0.4, -0.2) is 105 Å². The van der Waals surface area contributed by atoms with Crippen LogP contribution in [0.5, 0.6) is 28.7 Å². The molecule has 4 heterocycles. The predicted molar refractivity (Wildman–Crippen MR) is 547 cm³/mol. The summed E-state index contributed by atoms with van der Waals surface area (Å²) in [5, 5.41) is 76.7. The average molecular weight is 1830 g/mol. The summed E-state index contributed by atoms with van der Waals surface area (Å²) in [4.78, 5) is 9.67. The van der Waals surface area contributed by atoms with Crippen LogP contribution in [0.2, 0.25) is 0 Å². The van der Waals surface area contributed by atoms with E-state index in [4.69, 9.17) is 42.6 Å². The molecule has 135 heavy (non-hydrogen) atoms. The SMILES string of the molecule is CCCCN(CCCC)c1cc(OC)c(/C=C/C2=C(C#N)C(=C(\C)C#N)/OC2(C)C)c(OC)c1.CCCCN(CCCC)c1ccc(/C=C/C2=C(C#N)C(=C(\C)C#N)/OC2(C)C)c(OC)c1.CCCCN(CCCC)c1ccc(/C=C/C2=C(C#N)C(=C(\C)C#N)/OC2(C)C)c(OC)c1.CCCCN(CCCC)c1ccc(/C=C/C2=C(C#N)C(=C(\C)C#N)/OC2(C)c2ccccc2)c(OC)c1. The van der Waals surface area contributed by atoms with E-state index in [0.29, 0.717) is 90.3 Å². The molecule has 4 aliphatic rings. The summed E-state index contributed by atoms with van der Waals surface area (Å²) < 4.78 is 53.0. The highest BCUT2D eigenvalue weighted by Crippen LogP contribution is 2.49. The van der Waals surface area contributed by atoms with Gasteiger partial charge >= 0.3 is 0 Å². The molecule has 0 bridgehead atoms. The molecule has 0 aliphatic carbocycles. The molecule has 0 saturated carbocycles. The van der Waals surface area contributed by atoms with Crippen LogP contribution in [0.3, 0.4) is 0 Å². The first kappa shape index (κ1) is 110. The Morgan fingerprint density at radius 3 is 0.785 bits per heavy atom. The van der Waals surface area contributed by atoms with E-state index in [-0.39, 0.29) is 0 Å². The minimum Gasteiger partial charge on any atom is -0.496 e. The lowest BCUT2D eigenvalue weighted by atomic mass is 9.86. The number of allylic oxidation sites excluding steroid dienone is 8. The third kappa shape index (κ3) is 28.9. The largest absolute Gasteiger partial charge is 0.496 e. The number of hydrogen-bond acceptors (Lipinski definition) is 21. The summed E-state index contributed by atoms with van der Waals surface area (Å²) in [6.45, 7) is 45.8.